The van der Waals surface area contributed by atoms with Gasteiger partial charge in [0.15, 0.2) is 0 Å². The smallest absolute Gasteiger partial charge is 0.241 e. The van der Waals surface area contributed by atoms with Crippen molar-refractivity contribution >= 4 is 50.7 Å². The average Bonchev–Trinajstić information content (AvgIpc) is 2.44. The van der Waals surface area contributed by atoms with Crippen LogP contribution in [0.15, 0.2) is 16.6 Å². The number of hydrogen-bond donors (Lipinski definition) is 1. The molecule has 0 unspecified atom stereocenters. The van der Waals surface area contributed by atoms with E-state index in [1.54, 1.807) is 12.1 Å². The van der Waals surface area contributed by atoms with Gasteiger partial charge in [-0.1, -0.05) is 23.2 Å². The summed E-state index contributed by atoms with van der Waals surface area (Å²) < 4.78 is 0.736. The highest BCUT2D eigenvalue weighted by Gasteiger charge is 2.19. The molecule has 1 aromatic carbocycles. The Labute approximate surface area is 137 Å². The van der Waals surface area contributed by atoms with Gasteiger partial charge in [-0.3, -0.25) is 4.79 Å². The van der Waals surface area contributed by atoms with Crippen LogP contribution in [0.3, 0.4) is 0 Å². The first-order chi connectivity index (χ1) is 9.49. The van der Waals surface area contributed by atoms with Gasteiger partial charge in [-0.25, -0.2) is 0 Å². The summed E-state index contributed by atoms with van der Waals surface area (Å²) in [6, 6.07) is 3.60. The molecule has 1 aliphatic rings. The van der Waals surface area contributed by atoms with E-state index in [0.717, 1.165) is 30.7 Å². The van der Waals surface area contributed by atoms with Crippen molar-refractivity contribution in [3.05, 3.63) is 26.7 Å². The molecule has 20 heavy (non-hydrogen) atoms. The summed E-state index contributed by atoms with van der Waals surface area (Å²) >= 11 is 15.5. The molecule has 1 heterocycles. The minimum absolute atomic E-state index is 0.0770. The van der Waals surface area contributed by atoms with Gasteiger partial charge in [0, 0.05) is 30.7 Å². The number of benzene rings is 1. The fraction of sp³-hybridized carbons (Fsp3) is 0.462. The summed E-state index contributed by atoms with van der Waals surface area (Å²) in [5, 5.41) is 3.92. The van der Waals surface area contributed by atoms with E-state index in [4.69, 9.17) is 23.2 Å². The lowest BCUT2D eigenvalue weighted by molar-refractivity contribution is -0.130. The maximum absolute atomic E-state index is 12.1. The van der Waals surface area contributed by atoms with Crippen molar-refractivity contribution in [2.75, 3.05) is 45.1 Å². The van der Waals surface area contributed by atoms with Gasteiger partial charge in [0.1, 0.15) is 0 Å². The third-order valence-corrected chi connectivity index (χ3v) is 5.09. The van der Waals surface area contributed by atoms with E-state index in [9.17, 15) is 4.79 Å². The number of hydrogen-bond acceptors (Lipinski definition) is 3. The molecule has 1 aliphatic heterocycles. The lowest BCUT2D eigenvalue weighted by Crippen LogP contribution is -2.48. The number of carbonyl (C=O) groups excluding carboxylic acids is 1. The van der Waals surface area contributed by atoms with Crippen molar-refractivity contribution in [3.63, 3.8) is 0 Å². The summed E-state index contributed by atoms with van der Waals surface area (Å²) in [6.45, 7) is 3.59. The fourth-order valence-electron chi connectivity index (χ4n) is 2.00. The average molecular weight is 381 g/mol. The molecule has 110 valence electrons. The zero-order valence-electron chi connectivity index (χ0n) is 11.1. The molecule has 2 rings (SSSR count). The van der Waals surface area contributed by atoms with Gasteiger partial charge in [-0.15, -0.1) is 0 Å². The number of carbonyl (C=O) groups is 1. The highest BCUT2D eigenvalue weighted by molar-refractivity contribution is 9.10. The van der Waals surface area contributed by atoms with E-state index in [-0.39, 0.29) is 12.5 Å². The predicted octanol–water partition coefficient (Wildman–Crippen LogP) is 2.94. The number of likely N-dealkylation sites (N-methyl/N-ethyl adjacent to an activating group) is 1. The summed E-state index contributed by atoms with van der Waals surface area (Å²) in [5.41, 5.74) is 0.669. The Morgan fingerprint density at radius 1 is 1.25 bits per heavy atom. The van der Waals surface area contributed by atoms with Crippen molar-refractivity contribution in [2.24, 2.45) is 0 Å². The Balaban J connectivity index is 1.92. The zero-order valence-corrected chi connectivity index (χ0v) is 14.2. The maximum atomic E-state index is 12.1. The molecule has 0 bridgehead atoms. The standard InChI is InChI=1S/C13H16BrCl2N3O/c1-18-4-6-19(7-5-18)11(20)8-17-10-3-2-9(14)12(15)13(10)16/h2-3,17H,4-8H2,1H3. The molecule has 0 radical (unpaired) electrons. The van der Waals surface area contributed by atoms with Crippen LogP contribution in [0.25, 0.3) is 0 Å². The van der Waals surface area contributed by atoms with Crippen molar-refractivity contribution in [1.82, 2.24) is 9.80 Å². The van der Waals surface area contributed by atoms with Gasteiger partial charge in [-0.2, -0.15) is 0 Å². The Bertz CT molecular complexity index is 505. The Kier molecular flexibility index (Phi) is 5.55. The molecule has 1 saturated heterocycles. The third-order valence-electron chi connectivity index (χ3n) is 3.32. The van der Waals surface area contributed by atoms with Gasteiger partial charge in [-0.05, 0) is 35.1 Å². The van der Waals surface area contributed by atoms with E-state index in [0.29, 0.717) is 15.7 Å². The first-order valence-corrected chi connectivity index (χ1v) is 7.87. The van der Waals surface area contributed by atoms with E-state index >= 15 is 0 Å². The predicted molar refractivity (Wildman–Crippen MR) is 86.7 cm³/mol. The lowest BCUT2D eigenvalue weighted by atomic mass is 10.3. The molecule has 1 amide bonds. The van der Waals surface area contributed by atoms with Crippen LogP contribution in [-0.4, -0.2) is 55.5 Å². The topological polar surface area (TPSA) is 35.6 Å². The fourth-order valence-corrected chi connectivity index (χ4v) is 2.84. The van der Waals surface area contributed by atoms with Gasteiger partial charge >= 0.3 is 0 Å². The summed E-state index contributed by atoms with van der Waals surface area (Å²) in [4.78, 5) is 16.2. The van der Waals surface area contributed by atoms with Crippen molar-refractivity contribution < 1.29 is 4.79 Å². The molecule has 1 aromatic rings. The van der Waals surface area contributed by atoms with Crippen LogP contribution in [0, 0.1) is 0 Å². The first-order valence-electron chi connectivity index (χ1n) is 6.32. The van der Waals surface area contributed by atoms with Gasteiger partial charge in [0.05, 0.1) is 22.3 Å². The summed E-state index contributed by atoms with van der Waals surface area (Å²) in [5.74, 6) is 0.0770. The maximum Gasteiger partial charge on any atom is 0.241 e. The SMILES string of the molecule is CN1CCN(C(=O)CNc2ccc(Br)c(Cl)c2Cl)CC1. The minimum atomic E-state index is 0.0770. The normalized spacial score (nSPS) is 16.3. The van der Waals surface area contributed by atoms with E-state index in [2.05, 4.69) is 33.2 Å². The monoisotopic (exact) mass is 379 g/mol. The number of nitrogens with one attached hydrogen (secondary N) is 1. The van der Waals surface area contributed by atoms with Crippen LogP contribution in [0.2, 0.25) is 10.0 Å². The van der Waals surface area contributed by atoms with Gasteiger partial charge in [0.25, 0.3) is 0 Å². The molecule has 0 spiro atoms. The molecule has 1 fully saturated rings. The molecule has 0 aliphatic carbocycles. The molecule has 7 heteroatoms. The molecule has 1 N–H and O–H groups in total. The second-order valence-corrected chi connectivity index (χ2v) is 6.37. The summed E-state index contributed by atoms with van der Waals surface area (Å²) in [7, 11) is 2.06. The van der Waals surface area contributed by atoms with Crippen LogP contribution in [0.5, 0.6) is 0 Å². The van der Waals surface area contributed by atoms with E-state index < -0.39 is 0 Å². The van der Waals surface area contributed by atoms with E-state index in [1.807, 2.05) is 4.90 Å². The number of amides is 1. The second-order valence-electron chi connectivity index (χ2n) is 4.76. The van der Waals surface area contributed by atoms with Crippen molar-refractivity contribution in [1.29, 1.82) is 0 Å². The number of anilines is 1. The highest BCUT2D eigenvalue weighted by atomic mass is 79.9. The molecular formula is C13H16BrCl2N3O. The van der Waals surface area contributed by atoms with Crippen LogP contribution in [0.4, 0.5) is 5.69 Å². The summed E-state index contributed by atoms with van der Waals surface area (Å²) in [6.07, 6.45) is 0. The van der Waals surface area contributed by atoms with Crippen LogP contribution in [0.1, 0.15) is 0 Å². The number of piperazine rings is 1. The van der Waals surface area contributed by atoms with Gasteiger partial charge in [0.2, 0.25) is 5.91 Å². The number of halogens is 3. The molecule has 0 aromatic heterocycles. The molecular weight excluding hydrogens is 365 g/mol. The van der Waals surface area contributed by atoms with Crippen molar-refractivity contribution in [3.8, 4) is 0 Å². The van der Waals surface area contributed by atoms with Crippen molar-refractivity contribution in [2.45, 2.75) is 0 Å². The molecule has 4 nitrogen and oxygen atoms in total. The Morgan fingerprint density at radius 2 is 1.90 bits per heavy atom. The highest BCUT2D eigenvalue weighted by Crippen LogP contribution is 2.35. The molecule has 0 atom stereocenters. The number of nitrogens with zero attached hydrogens (tertiary/aromatic N) is 2. The third kappa shape index (κ3) is 3.79. The van der Waals surface area contributed by atoms with E-state index in [1.165, 1.54) is 0 Å². The zero-order chi connectivity index (χ0) is 14.7. The largest absolute Gasteiger partial charge is 0.375 e. The lowest BCUT2D eigenvalue weighted by Gasteiger charge is -2.32. The Hall–Kier alpha value is -0.490. The number of rotatable bonds is 3. The van der Waals surface area contributed by atoms with Crippen LogP contribution in [-0.2, 0) is 4.79 Å². The van der Waals surface area contributed by atoms with Crippen LogP contribution < -0.4 is 5.32 Å². The second kappa shape index (κ2) is 6.98. The first kappa shape index (κ1) is 15.9. The van der Waals surface area contributed by atoms with Gasteiger partial charge < -0.3 is 15.1 Å². The minimum Gasteiger partial charge on any atom is -0.375 e. The van der Waals surface area contributed by atoms with Crippen LogP contribution >= 0.6 is 39.1 Å². The Morgan fingerprint density at radius 3 is 2.55 bits per heavy atom. The molecule has 0 saturated carbocycles. The quantitative estimate of drug-likeness (QED) is 0.819.